The number of non-ortho nitro benzene ring substituents is 1. The first kappa shape index (κ1) is 22.3. The van der Waals surface area contributed by atoms with E-state index in [4.69, 9.17) is 0 Å². The normalized spacial score (nSPS) is 14.1. The summed E-state index contributed by atoms with van der Waals surface area (Å²) in [6.45, 7) is 3.49. The maximum absolute atomic E-state index is 13.3. The molecule has 168 valence electrons. The van der Waals surface area contributed by atoms with Gasteiger partial charge in [0.2, 0.25) is 0 Å². The average Bonchev–Trinajstić information content (AvgIpc) is 3.47. The molecule has 33 heavy (non-hydrogen) atoms. The monoisotopic (exact) mass is 482 g/mol. The fourth-order valence-electron chi connectivity index (χ4n) is 3.62. The number of amides is 2. The van der Waals surface area contributed by atoms with Crippen LogP contribution >= 0.6 is 22.7 Å². The van der Waals surface area contributed by atoms with E-state index in [1.165, 1.54) is 34.8 Å². The predicted molar refractivity (Wildman–Crippen MR) is 126 cm³/mol. The van der Waals surface area contributed by atoms with Crippen LogP contribution in [0.5, 0.6) is 0 Å². The summed E-state index contributed by atoms with van der Waals surface area (Å²) < 4.78 is 0. The highest BCUT2D eigenvalue weighted by Gasteiger charge is 2.37. The highest BCUT2D eigenvalue weighted by atomic mass is 32.1. The molecule has 10 nitrogen and oxygen atoms in total. The molecule has 3 N–H and O–H groups in total. The summed E-state index contributed by atoms with van der Waals surface area (Å²) in [5, 5.41) is 24.1. The van der Waals surface area contributed by atoms with Crippen molar-refractivity contribution in [1.29, 1.82) is 0 Å². The molecule has 1 aliphatic rings. The zero-order valence-corrected chi connectivity index (χ0v) is 19.1. The molecule has 0 atom stereocenters. The Bertz CT molecular complexity index is 1190. The second kappa shape index (κ2) is 9.30. The first-order valence-electron chi connectivity index (χ1n) is 9.69. The summed E-state index contributed by atoms with van der Waals surface area (Å²) in [6.07, 6.45) is 3.15. The van der Waals surface area contributed by atoms with Gasteiger partial charge in [-0.05, 0) is 19.4 Å². The number of allylic oxidation sites excluding steroid dienone is 2. The van der Waals surface area contributed by atoms with E-state index < -0.39 is 22.7 Å². The molecular formula is C21H18N6O4S2. The molecule has 3 aromatic rings. The van der Waals surface area contributed by atoms with Gasteiger partial charge >= 0.3 is 0 Å². The minimum Gasteiger partial charge on any atom is -0.362 e. The topological polar surface area (TPSA) is 139 Å². The van der Waals surface area contributed by atoms with Crippen LogP contribution < -0.4 is 16.0 Å². The number of anilines is 2. The van der Waals surface area contributed by atoms with Crippen LogP contribution in [0.3, 0.4) is 0 Å². The van der Waals surface area contributed by atoms with Crippen molar-refractivity contribution in [3.63, 3.8) is 0 Å². The second-order valence-electron chi connectivity index (χ2n) is 7.07. The molecule has 0 saturated carbocycles. The molecule has 1 aromatic carbocycles. The lowest BCUT2D eigenvalue weighted by atomic mass is 9.79. The summed E-state index contributed by atoms with van der Waals surface area (Å²) in [6, 6.07) is 5.83. The first-order chi connectivity index (χ1) is 15.8. The largest absolute Gasteiger partial charge is 0.362 e. The van der Waals surface area contributed by atoms with Crippen LogP contribution in [-0.4, -0.2) is 26.7 Å². The summed E-state index contributed by atoms with van der Waals surface area (Å²) >= 11 is 2.54. The van der Waals surface area contributed by atoms with Crippen molar-refractivity contribution in [3.8, 4) is 0 Å². The number of carbonyl (C=O) groups excluding carboxylic acids is 2. The third-order valence-corrected chi connectivity index (χ3v) is 6.37. The smallest absolute Gasteiger partial charge is 0.269 e. The number of carbonyl (C=O) groups is 2. The van der Waals surface area contributed by atoms with Gasteiger partial charge in [0.1, 0.15) is 0 Å². The van der Waals surface area contributed by atoms with Crippen molar-refractivity contribution in [2.75, 3.05) is 10.6 Å². The van der Waals surface area contributed by atoms with E-state index >= 15 is 0 Å². The van der Waals surface area contributed by atoms with Gasteiger partial charge in [0, 0.05) is 63.7 Å². The van der Waals surface area contributed by atoms with Gasteiger partial charge in [-0.2, -0.15) is 0 Å². The Kier molecular flexibility index (Phi) is 6.29. The molecule has 0 unspecified atom stereocenters. The Hall–Kier alpha value is -3.90. The third-order valence-electron chi connectivity index (χ3n) is 4.99. The van der Waals surface area contributed by atoms with E-state index in [2.05, 4.69) is 25.9 Å². The maximum Gasteiger partial charge on any atom is 0.269 e. The fourth-order valence-corrected chi connectivity index (χ4v) is 4.67. The first-order valence-corrected chi connectivity index (χ1v) is 11.5. The number of nitro groups is 1. The minimum atomic E-state index is -0.771. The van der Waals surface area contributed by atoms with Gasteiger partial charge in [0.05, 0.1) is 4.92 Å². The van der Waals surface area contributed by atoms with Crippen molar-refractivity contribution in [2.24, 2.45) is 0 Å². The second-order valence-corrected chi connectivity index (χ2v) is 8.86. The Labute approximate surface area is 196 Å². The molecule has 12 heteroatoms. The molecule has 3 heterocycles. The van der Waals surface area contributed by atoms with Gasteiger partial charge in [-0.25, -0.2) is 9.97 Å². The molecule has 0 fully saturated rings. The van der Waals surface area contributed by atoms with Gasteiger partial charge in [-0.3, -0.25) is 30.3 Å². The molecule has 2 amide bonds. The summed E-state index contributed by atoms with van der Waals surface area (Å²) in [5.74, 6) is -1.62. The van der Waals surface area contributed by atoms with Crippen molar-refractivity contribution in [2.45, 2.75) is 19.8 Å². The van der Waals surface area contributed by atoms with E-state index in [0.717, 1.165) is 0 Å². The van der Waals surface area contributed by atoms with Crippen LogP contribution in [0.2, 0.25) is 0 Å². The molecular weight excluding hydrogens is 464 g/mol. The molecule has 0 spiro atoms. The average molecular weight is 483 g/mol. The van der Waals surface area contributed by atoms with E-state index in [0.29, 0.717) is 38.4 Å². The number of rotatable bonds is 6. The number of benzene rings is 1. The van der Waals surface area contributed by atoms with Gasteiger partial charge < -0.3 is 5.32 Å². The lowest BCUT2D eigenvalue weighted by Gasteiger charge is -2.31. The number of hydrogen-bond donors (Lipinski definition) is 3. The maximum atomic E-state index is 13.3. The Morgan fingerprint density at radius 2 is 1.42 bits per heavy atom. The Morgan fingerprint density at radius 1 is 0.939 bits per heavy atom. The Morgan fingerprint density at radius 3 is 1.82 bits per heavy atom. The van der Waals surface area contributed by atoms with Gasteiger partial charge in [0.15, 0.2) is 10.3 Å². The molecule has 0 radical (unpaired) electrons. The lowest BCUT2D eigenvalue weighted by molar-refractivity contribution is -0.384. The summed E-state index contributed by atoms with van der Waals surface area (Å²) in [7, 11) is 0. The molecule has 4 rings (SSSR count). The number of hydrogen-bond acceptors (Lipinski definition) is 9. The zero-order chi connectivity index (χ0) is 23.5. The molecule has 0 bridgehead atoms. The third kappa shape index (κ3) is 4.66. The van der Waals surface area contributed by atoms with Gasteiger partial charge in [-0.15, -0.1) is 22.7 Å². The van der Waals surface area contributed by atoms with Crippen molar-refractivity contribution in [1.82, 2.24) is 15.3 Å². The summed E-state index contributed by atoms with van der Waals surface area (Å²) in [4.78, 5) is 45.4. The quantitative estimate of drug-likeness (QED) is 0.356. The highest BCUT2D eigenvalue weighted by Crippen LogP contribution is 2.39. The van der Waals surface area contributed by atoms with Gasteiger partial charge in [0.25, 0.3) is 17.5 Å². The SMILES string of the molecule is CC1=C(C(=O)Nc2nccs2)C(c2ccc([N+](=O)[O-])cc2)C(C(=O)Nc2nccs2)=C(C)N1. The van der Waals surface area contributed by atoms with Crippen LogP contribution in [0, 0.1) is 10.1 Å². The zero-order valence-electron chi connectivity index (χ0n) is 17.5. The number of thiazole rings is 2. The minimum absolute atomic E-state index is 0.0864. The molecule has 0 saturated heterocycles. The highest BCUT2D eigenvalue weighted by molar-refractivity contribution is 7.14. The summed E-state index contributed by atoms with van der Waals surface area (Å²) in [5.41, 5.74) is 2.24. The van der Waals surface area contributed by atoms with E-state index in [1.807, 2.05) is 0 Å². The Balaban J connectivity index is 1.78. The van der Waals surface area contributed by atoms with Crippen molar-refractivity contribution >= 4 is 50.4 Å². The van der Waals surface area contributed by atoms with Crippen LogP contribution in [0.4, 0.5) is 16.0 Å². The number of nitrogens with zero attached hydrogens (tertiary/aromatic N) is 3. The fraction of sp³-hybridized carbons (Fsp3) is 0.143. The number of dihydropyridines is 1. The standard InChI is InChI=1S/C21H18N6O4S2/c1-11-15(18(28)25-20-22-7-9-32-20)17(13-3-5-14(6-4-13)27(30)31)16(12(2)24-11)19(29)26-21-23-8-10-33-21/h3-10,17,24H,1-2H3,(H,22,25,28)(H,23,26,29). The predicted octanol–water partition coefficient (Wildman–Crippen LogP) is 4.02. The number of nitro benzene ring substituents is 1. The number of nitrogens with one attached hydrogen (secondary N) is 3. The van der Waals surface area contributed by atoms with E-state index in [1.54, 1.807) is 49.1 Å². The van der Waals surface area contributed by atoms with Crippen LogP contribution in [-0.2, 0) is 9.59 Å². The van der Waals surface area contributed by atoms with Crippen molar-refractivity contribution < 1.29 is 14.5 Å². The lowest BCUT2D eigenvalue weighted by Crippen LogP contribution is -2.35. The van der Waals surface area contributed by atoms with Crippen LogP contribution in [0.1, 0.15) is 25.3 Å². The van der Waals surface area contributed by atoms with E-state index in [-0.39, 0.29) is 5.69 Å². The van der Waals surface area contributed by atoms with E-state index in [9.17, 15) is 19.7 Å². The molecule has 2 aromatic heterocycles. The van der Waals surface area contributed by atoms with Gasteiger partial charge in [-0.1, -0.05) is 12.1 Å². The van der Waals surface area contributed by atoms with Crippen LogP contribution in [0.15, 0.2) is 70.0 Å². The number of aromatic nitrogens is 2. The molecule has 1 aliphatic heterocycles. The van der Waals surface area contributed by atoms with Crippen LogP contribution in [0.25, 0.3) is 0 Å². The molecule has 0 aliphatic carbocycles. The van der Waals surface area contributed by atoms with Crippen molar-refractivity contribution in [3.05, 3.63) is 85.6 Å².